The molecule has 4 atom stereocenters. The molecule has 4 nitrogen and oxygen atoms in total. The van der Waals surface area contributed by atoms with Crippen LogP contribution in [0.4, 0.5) is 0 Å². The van der Waals surface area contributed by atoms with Gasteiger partial charge in [-0.3, -0.25) is 9.59 Å². The molecule has 1 rings (SSSR count). The molecule has 0 spiro atoms. The third kappa shape index (κ3) is 10.5. The summed E-state index contributed by atoms with van der Waals surface area (Å²) in [5, 5.41) is 0. The van der Waals surface area contributed by atoms with E-state index in [-0.39, 0.29) is 36.0 Å². The van der Waals surface area contributed by atoms with Crippen molar-refractivity contribution < 1.29 is 19.1 Å². The van der Waals surface area contributed by atoms with Gasteiger partial charge in [0.15, 0.2) is 0 Å². The van der Waals surface area contributed by atoms with E-state index in [0.29, 0.717) is 5.92 Å². The monoisotopic (exact) mass is 410 g/mol. The second kappa shape index (κ2) is 13.3. The van der Waals surface area contributed by atoms with Crippen LogP contribution in [0.3, 0.4) is 0 Å². The van der Waals surface area contributed by atoms with Gasteiger partial charge in [-0.15, -0.1) is 0 Å². The second-order valence-electron chi connectivity index (χ2n) is 10.2. The van der Waals surface area contributed by atoms with Crippen molar-refractivity contribution >= 4 is 11.9 Å². The predicted molar refractivity (Wildman–Crippen MR) is 118 cm³/mol. The van der Waals surface area contributed by atoms with Gasteiger partial charge in [0, 0.05) is 0 Å². The summed E-state index contributed by atoms with van der Waals surface area (Å²) in [6, 6.07) is 0. The topological polar surface area (TPSA) is 52.6 Å². The second-order valence-corrected chi connectivity index (χ2v) is 10.2. The van der Waals surface area contributed by atoms with Gasteiger partial charge in [0.1, 0.15) is 0 Å². The predicted octanol–water partition coefficient (Wildman–Crippen LogP) is 6.55. The Bertz CT molecular complexity index is 483. The van der Waals surface area contributed by atoms with Crippen molar-refractivity contribution in [1.82, 2.24) is 0 Å². The Morgan fingerprint density at radius 1 is 0.759 bits per heavy atom. The van der Waals surface area contributed by atoms with Gasteiger partial charge in [-0.05, 0) is 64.7 Å². The maximum absolute atomic E-state index is 12.7. The maximum Gasteiger partial charge on any atom is 0.310 e. The van der Waals surface area contributed by atoms with Crippen LogP contribution < -0.4 is 0 Å². The van der Waals surface area contributed by atoms with Crippen molar-refractivity contribution in [2.45, 2.75) is 118 Å². The van der Waals surface area contributed by atoms with Crippen LogP contribution in [0.15, 0.2) is 0 Å². The molecule has 4 unspecified atom stereocenters. The first kappa shape index (κ1) is 26.0. The zero-order chi connectivity index (χ0) is 22.0. The fourth-order valence-electron chi connectivity index (χ4n) is 4.48. The van der Waals surface area contributed by atoms with E-state index in [1.54, 1.807) is 0 Å². The minimum absolute atomic E-state index is 0.154. The van der Waals surface area contributed by atoms with E-state index >= 15 is 0 Å². The molecular weight excluding hydrogens is 364 g/mol. The molecule has 0 amide bonds. The molecule has 1 aliphatic carbocycles. The maximum atomic E-state index is 12.7. The van der Waals surface area contributed by atoms with Gasteiger partial charge in [-0.1, -0.05) is 59.3 Å². The molecule has 29 heavy (non-hydrogen) atoms. The van der Waals surface area contributed by atoms with Crippen LogP contribution in [0.5, 0.6) is 0 Å². The molecule has 0 heterocycles. The third-order valence-corrected chi connectivity index (χ3v) is 6.06. The van der Waals surface area contributed by atoms with Gasteiger partial charge in [0.25, 0.3) is 0 Å². The molecule has 0 aromatic heterocycles. The SMILES string of the molecule is CC(C)CCCC(C)CCCC1CCC(C(=O)OC(C)C)C(C(=O)OC(C)C)C1. The first-order valence-electron chi connectivity index (χ1n) is 12.0. The Morgan fingerprint density at radius 2 is 1.31 bits per heavy atom. The summed E-state index contributed by atoms with van der Waals surface area (Å²) >= 11 is 0. The van der Waals surface area contributed by atoms with Crippen LogP contribution in [0.2, 0.25) is 0 Å². The van der Waals surface area contributed by atoms with Crippen LogP contribution in [0, 0.1) is 29.6 Å². The van der Waals surface area contributed by atoms with Crippen LogP contribution in [0.25, 0.3) is 0 Å². The molecule has 0 saturated heterocycles. The highest BCUT2D eigenvalue weighted by atomic mass is 16.6. The van der Waals surface area contributed by atoms with Gasteiger partial charge in [0.05, 0.1) is 24.0 Å². The van der Waals surface area contributed by atoms with E-state index in [4.69, 9.17) is 9.47 Å². The molecule has 0 N–H and O–H groups in total. The van der Waals surface area contributed by atoms with Crippen molar-refractivity contribution in [2.75, 3.05) is 0 Å². The van der Waals surface area contributed by atoms with E-state index in [2.05, 4.69) is 20.8 Å². The first-order chi connectivity index (χ1) is 13.6. The lowest BCUT2D eigenvalue weighted by Crippen LogP contribution is -2.39. The minimum atomic E-state index is -0.356. The number of esters is 2. The number of rotatable bonds is 12. The number of ether oxygens (including phenoxy) is 2. The van der Waals surface area contributed by atoms with Crippen LogP contribution in [0.1, 0.15) is 106 Å². The van der Waals surface area contributed by atoms with Crippen molar-refractivity contribution in [3.63, 3.8) is 0 Å². The van der Waals surface area contributed by atoms with Gasteiger partial charge >= 0.3 is 11.9 Å². The van der Waals surface area contributed by atoms with Gasteiger partial charge < -0.3 is 9.47 Å². The van der Waals surface area contributed by atoms with Crippen LogP contribution in [-0.2, 0) is 19.1 Å². The summed E-state index contributed by atoms with van der Waals surface area (Å²) in [5.41, 5.74) is 0. The van der Waals surface area contributed by atoms with Gasteiger partial charge in [-0.2, -0.15) is 0 Å². The molecule has 0 radical (unpaired) electrons. The first-order valence-corrected chi connectivity index (χ1v) is 12.0. The molecule has 1 fully saturated rings. The zero-order valence-electron chi connectivity index (χ0n) is 20.0. The number of carbonyl (C=O) groups excluding carboxylic acids is 2. The van der Waals surface area contributed by atoms with Gasteiger partial charge in [-0.25, -0.2) is 0 Å². The molecule has 0 aliphatic heterocycles. The van der Waals surface area contributed by atoms with Crippen molar-refractivity contribution in [1.29, 1.82) is 0 Å². The smallest absolute Gasteiger partial charge is 0.310 e. The minimum Gasteiger partial charge on any atom is -0.463 e. The Labute approximate surface area is 179 Å². The van der Waals surface area contributed by atoms with E-state index in [0.717, 1.165) is 37.5 Å². The van der Waals surface area contributed by atoms with E-state index < -0.39 is 0 Å². The fourth-order valence-corrected chi connectivity index (χ4v) is 4.48. The molecular formula is C25H46O4. The zero-order valence-corrected chi connectivity index (χ0v) is 20.0. The molecule has 1 aliphatic rings. The molecule has 0 aromatic carbocycles. The highest BCUT2D eigenvalue weighted by Gasteiger charge is 2.41. The summed E-state index contributed by atoms with van der Waals surface area (Å²) in [6.45, 7) is 14.4. The standard InChI is InChI=1S/C25H46O4/c1-17(2)10-8-11-20(7)12-9-13-21-14-15-22(24(26)28-18(3)4)23(16-21)25(27)29-19(5)6/h17-23H,8-16H2,1-7H3. The average molecular weight is 411 g/mol. The lowest BCUT2D eigenvalue weighted by molar-refractivity contribution is -0.168. The molecule has 4 heteroatoms. The average Bonchev–Trinajstić information content (AvgIpc) is 2.60. The van der Waals surface area contributed by atoms with Gasteiger partial charge in [0.2, 0.25) is 0 Å². The molecule has 170 valence electrons. The van der Waals surface area contributed by atoms with E-state index in [9.17, 15) is 9.59 Å². The van der Waals surface area contributed by atoms with Crippen LogP contribution >= 0.6 is 0 Å². The summed E-state index contributed by atoms with van der Waals surface area (Å²) in [5.74, 6) is 0.905. The largest absolute Gasteiger partial charge is 0.463 e. The van der Waals surface area contributed by atoms with E-state index in [1.165, 1.54) is 32.1 Å². The Kier molecular flexibility index (Phi) is 11.9. The third-order valence-electron chi connectivity index (χ3n) is 6.06. The molecule has 0 aromatic rings. The molecule has 1 saturated carbocycles. The fraction of sp³-hybridized carbons (Fsp3) is 0.920. The molecule has 0 bridgehead atoms. The summed E-state index contributed by atoms with van der Waals surface area (Å²) in [6.07, 6.45) is 9.76. The summed E-state index contributed by atoms with van der Waals surface area (Å²) in [7, 11) is 0. The lowest BCUT2D eigenvalue weighted by Gasteiger charge is -2.34. The Balaban J connectivity index is 2.54. The normalized spacial score (nSPS) is 23.4. The van der Waals surface area contributed by atoms with Crippen molar-refractivity contribution in [3.8, 4) is 0 Å². The Morgan fingerprint density at radius 3 is 1.86 bits per heavy atom. The lowest BCUT2D eigenvalue weighted by atomic mass is 9.72. The van der Waals surface area contributed by atoms with Crippen molar-refractivity contribution in [3.05, 3.63) is 0 Å². The highest BCUT2D eigenvalue weighted by molar-refractivity contribution is 5.82. The number of hydrogen-bond donors (Lipinski definition) is 0. The van der Waals surface area contributed by atoms with Crippen LogP contribution in [-0.4, -0.2) is 24.1 Å². The number of hydrogen-bond acceptors (Lipinski definition) is 4. The summed E-state index contributed by atoms with van der Waals surface area (Å²) < 4.78 is 10.9. The summed E-state index contributed by atoms with van der Waals surface area (Å²) in [4.78, 5) is 25.2. The van der Waals surface area contributed by atoms with Crippen molar-refractivity contribution in [2.24, 2.45) is 29.6 Å². The van der Waals surface area contributed by atoms with E-state index in [1.807, 2.05) is 27.7 Å². The highest BCUT2D eigenvalue weighted by Crippen LogP contribution is 2.38. The quantitative estimate of drug-likeness (QED) is 0.342. The number of carbonyl (C=O) groups is 2. The Hall–Kier alpha value is -1.06.